The predicted molar refractivity (Wildman–Crippen MR) is 123 cm³/mol. The Morgan fingerprint density at radius 2 is 1.81 bits per heavy atom. The first-order chi connectivity index (χ1) is 15.3. The van der Waals surface area contributed by atoms with Crippen molar-refractivity contribution in [1.82, 2.24) is 36.1 Å². The number of piperidine rings is 1. The molecule has 0 spiro atoms. The average molecular weight is 433 g/mol. The van der Waals surface area contributed by atoms with E-state index in [0.29, 0.717) is 23.1 Å². The average Bonchev–Trinajstić information content (AvgIpc) is 3.37. The van der Waals surface area contributed by atoms with Crippen LogP contribution in [0.4, 0.5) is 5.82 Å². The zero-order valence-electron chi connectivity index (χ0n) is 18.6. The van der Waals surface area contributed by atoms with Crippen LogP contribution >= 0.6 is 0 Å². The van der Waals surface area contributed by atoms with Crippen LogP contribution in [0.3, 0.4) is 0 Å². The molecule has 0 radical (unpaired) electrons. The largest absolute Gasteiger partial charge is 0.507 e. The third kappa shape index (κ3) is 3.95. The number of H-pyrrole nitrogens is 1. The molecule has 9 nitrogen and oxygen atoms in total. The maximum Gasteiger partial charge on any atom is 0.172 e. The highest BCUT2D eigenvalue weighted by molar-refractivity contribution is 5.73. The zero-order chi connectivity index (χ0) is 22.3. The molecule has 0 aliphatic carbocycles. The normalized spacial score (nSPS) is 27.2. The Kier molecular flexibility index (Phi) is 4.93. The van der Waals surface area contributed by atoms with Crippen molar-refractivity contribution in [3.8, 4) is 17.0 Å². The number of hydrogen-bond donors (Lipinski definition) is 3. The number of benzene rings is 1. The molecule has 2 saturated heterocycles. The summed E-state index contributed by atoms with van der Waals surface area (Å²) < 4.78 is 0. The van der Waals surface area contributed by atoms with Gasteiger partial charge in [0, 0.05) is 29.7 Å². The molecule has 2 fully saturated rings. The van der Waals surface area contributed by atoms with Crippen LogP contribution in [0.1, 0.15) is 50.9 Å². The number of nitrogens with zero attached hydrogens (tertiary/aromatic N) is 6. The SMILES string of the molecule is CN(c1ccc(-c2ccc(/C=C/c3nnn[nH]3)cc2O)nn1)[C@@H]1C[C@]2(C)CC[C@](C)(C1)N2. The highest BCUT2D eigenvalue weighted by atomic mass is 16.3. The second-order valence-electron chi connectivity index (χ2n) is 9.59. The van der Waals surface area contributed by atoms with E-state index in [1.165, 1.54) is 12.8 Å². The maximum atomic E-state index is 10.5. The van der Waals surface area contributed by atoms with Gasteiger partial charge in [0.25, 0.3) is 0 Å². The minimum Gasteiger partial charge on any atom is -0.507 e. The topological polar surface area (TPSA) is 116 Å². The molecule has 2 bridgehead atoms. The summed E-state index contributed by atoms with van der Waals surface area (Å²) >= 11 is 0. The molecule has 0 saturated carbocycles. The Balaban J connectivity index is 1.31. The molecule has 0 unspecified atom stereocenters. The molecular formula is C23H28N8O. The summed E-state index contributed by atoms with van der Waals surface area (Å²) in [6.45, 7) is 4.66. The van der Waals surface area contributed by atoms with Gasteiger partial charge in [0.2, 0.25) is 0 Å². The van der Waals surface area contributed by atoms with Crippen LogP contribution < -0.4 is 10.2 Å². The number of phenols is 1. The van der Waals surface area contributed by atoms with E-state index in [-0.39, 0.29) is 16.8 Å². The summed E-state index contributed by atoms with van der Waals surface area (Å²) in [7, 11) is 2.11. The quantitative estimate of drug-likeness (QED) is 0.563. The van der Waals surface area contributed by atoms with E-state index in [2.05, 4.69) is 61.9 Å². The summed E-state index contributed by atoms with van der Waals surface area (Å²) in [5.41, 5.74) is 2.51. The maximum absolute atomic E-state index is 10.5. The Hall–Kier alpha value is -3.33. The molecule has 32 heavy (non-hydrogen) atoms. The van der Waals surface area contributed by atoms with E-state index in [1.807, 2.05) is 30.3 Å². The van der Waals surface area contributed by atoms with E-state index in [4.69, 9.17) is 0 Å². The molecular weight excluding hydrogens is 404 g/mol. The van der Waals surface area contributed by atoms with Crippen LogP contribution in [0.25, 0.3) is 23.4 Å². The lowest BCUT2D eigenvalue weighted by molar-refractivity contribution is 0.207. The second-order valence-corrected chi connectivity index (χ2v) is 9.59. The van der Waals surface area contributed by atoms with Crippen LogP contribution in [0, 0.1) is 0 Å². The summed E-state index contributed by atoms with van der Waals surface area (Å²) in [4.78, 5) is 2.26. The summed E-state index contributed by atoms with van der Waals surface area (Å²) in [5.74, 6) is 1.55. The van der Waals surface area contributed by atoms with Crippen molar-refractivity contribution in [2.45, 2.75) is 56.7 Å². The zero-order valence-corrected chi connectivity index (χ0v) is 18.6. The van der Waals surface area contributed by atoms with Crippen LogP contribution in [-0.4, -0.2) is 60.1 Å². The Morgan fingerprint density at radius 1 is 1.03 bits per heavy atom. The molecule has 2 aliphatic heterocycles. The van der Waals surface area contributed by atoms with E-state index in [0.717, 1.165) is 24.2 Å². The molecule has 4 heterocycles. The lowest BCUT2D eigenvalue weighted by atomic mass is 9.84. The van der Waals surface area contributed by atoms with Gasteiger partial charge in [0.15, 0.2) is 11.6 Å². The summed E-state index contributed by atoms with van der Waals surface area (Å²) in [6.07, 6.45) is 8.20. The minimum atomic E-state index is 0.147. The van der Waals surface area contributed by atoms with Crippen molar-refractivity contribution < 1.29 is 5.11 Å². The van der Waals surface area contributed by atoms with E-state index in [9.17, 15) is 5.11 Å². The third-order valence-electron chi connectivity index (χ3n) is 6.86. The number of nitrogens with one attached hydrogen (secondary N) is 2. The van der Waals surface area contributed by atoms with Crippen LogP contribution in [-0.2, 0) is 0 Å². The monoisotopic (exact) mass is 432 g/mol. The fourth-order valence-corrected chi connectivity index (χ4v) is 5.22. The van der Waals surface area contributed by atoms with E-state index < -0.39 is 0 Å². The molecule has 5 rings (SSSR count). The highest BCUT2D eigenvalue weighted by Crippen LogP contribution is 2.43. The summed E-state index contributed by atoms with van der Waals surface area (Å²) in [5, 5.41) is 36.8. The molecule has 1 aromatic carbocycles. The Bertz CT molecular complexity index is 1110. The summed E-state index contributed by atoms with van der Waals surface area (Å²) in [6, 6.07) is 9.76. The second kappa shape index (κ2) is 7.67. The molecule has 2 aliphatic rings. The fourth-order valence-electron chi connectivity index (χ4n) is 5.22. The molecule has 9 heteroatoms. The smallest absolute Gasteiger partial charge is 0.172 e. The van der Waals surface area contributed by atoms with Gasteiger partial charge in [0.1, 0.15) is 5.75 Å². The van der Waals surface area contributed by atoms with E-state index >= 15 is 0 Å². The highest BCUT2D eigenvalue weighted by Gasteiger charge is 2.49. The van der Waals surface area contributed by atoms with Crippen molar-refractivity contribution in [1.29, 1.82) is 0 Å². The van der Waals surface area contributed by atoms with Crippen LogP contribution in [0.15, 0.2) is 30.3 Å². The molecule has 3 atom stereocenters. The van der Waals surface area contributed by atoms with Gasteiger partial charge in [-0.2, -0.15) is 0 Å². The number of hydrogen-bond acceptors (Lipinski definition) is 8. The number of phenolic OH excluding ortho intramolecular Hbond substituents is 1. The number of anilines is 1. The standard InChI is InChI=1S/C23H28N8O/c1-22-10-11-23(2,28-22)14-16(13-22)31(3)21-9-7-18(24-27-21)17-6-4-15(12-19(17)32)5-8-20-25-29-30-26-20/h4-9,12,16,28,32H,10-11,13-14H2,1-3H3,(H,25,26,29,30)/b8-5+/t16-,22+,23-. The minimum absolute atomic E-state index is 0.147. The van der Waals surface area contributed by atoms with E-state index in [1.54, 1.807) is 12.1 Å². The fraction of sp³-hybridized carbons (Fsp3) is 0.435. The lowest BCUT2D eigenvalue weighted by Gasteiger charge is -2.45. The lowest BCUT2D eigenvalue weighted by Crippen LogP contribution is -2.58. The van der Waals surface area contributed by atoms with Gasteiger partial charge in [-0.15, -0.1) is 15.3 Å². The van der Waals surface area contributed by atoms with Gasteiger partial charge < -0.3 is 15.3 Å². The van der Waals surface area contributed by atoms with Gasteiger partial charge in [-0.1, -0.05) is 12.1 Å². The Morgan fingerprint density at radius 3 is 2.44 bits per heavy atom. The van der Waals surface area contributed by atoms with Gasteiger partial charge in [-0.25, -0.2) is 5.10 Å². The van der Waals surface area contributed by atoms with Crippen molar-refractivity contribution in [3.63, 3.8) is 0 Å². The number of aromatic amines is 1. The number of tetrazole rings is 1. The molecule has 0 amide bonds. The van der Waals surface area contributed by atoms with Crippen molar-refractivity contribution >= 4 is 18.0 Å². The number of aromatic hydroxyl groups is 1. The van der Waals surface area contributed by atoms with Crippen LogP contribution in [0.2, 0.25) is 0 Å². The Labute approximate surface area is 187 Å². The van der Waals surface area contributed by atoms with Gasteiger partial charge >= 0.3 is 0 Å². The predicted octanol–water partition coefficient (Wildman–Crippen LogP) is 3.03. The van der Waals surface area contributed by atoms with Gasteiger partial charge in [0.05, 0.1) is 5.69 Å². The number of rotatable bonds is 5. The third-order valence-corrected chi connectivity index (χ3v) is 6.86. The molecule has 166 valence electrons. The number of fused-ring (bicyclic) bond motifs is 2. The van der Waals surface area contributed by atoms with Gasteiger partial charge in [-0.3, -0.25) is 0 Å². The first-order valence-electron chi connectivity index (χ1n) is 10.9. The van der Waals surface area contributed by atoms with Crippen molar-refractivity contribution in [3.05, 3.63) is 41.7 Å². The van der Waals surface area contributed by atoms with Crippen LogP contribution in [0.5, 0.6) is 5.75 Å². The molecule has 2 aromatic heterocycles. The van der Waals surface area contributed by atoms with Crippen molar-refractivity contribution in [2.24, 2.45) is 0 Å². The molecule has 3 N–H and O–H groups in total. The number of aromatic nitrogens is 6. The molecule has 3 aromatic rings. The first kappa shape index (κ1) is 20.6. The van der Waals surface area contributed by atoms with Crippen molar-refractivity contribution in [2.75, 3.05) is 11.9 Å². The van der Waals surface area contributed by atoms with Gasteiger partial charge in [-0.05, 0) is 85.9 Å². The first-order valence-corrected chi connectivity index (χ1v) is 10.9.